The zero-order valence-corrected chi connectivity index (χ0v) is 12.7. The Labute approximate surface area is 129 Å². The summed E-state index contributed by atoms with van der Waals surface area (Å²) in [5, 5.41) is 3.26. The van der Waals surface area contributed by atoms with E-state index in [-0.39, 0.29) is 11.3 Å². The molecule has 2 unspecified atom stereocenters. The summed E-state index contributed by atoms with van der Waals surface area (Å²) in [4.78, 5) is 12.4. The van der Waals surface area contributed by atoms with Gasteiger partial charge in [0, 0.05) is 11.9 Å². The quantitative estimate of drug-likeness (QED) is 0.873. The Morgan fingerprint density at radius 1 is 1.29 bits per heavy atom. The van der Waals surface area contributed by atoms with Crippen molar-refractivity contribution in [2.24, 2.45) is 5.92 Å². The summed E-state index contributed by atoms with van der Waals surface area (Å²) in [6.07, 6.45) is 4.35. The fourth-order valence-electron chi connectivity index (χ4n) is 3.00. The number of ether oxygens (including phenoxy) is 2. The standard InChI is InChI=1S/C16H20ClNO3/c17-12-4-1-3-11(9-12)10-18-16(19)13-5-2-6-14-15(13)21-8-7-20-14/h2,5-6,11-12H,1,3-4,7-10H2,(H,18,19). The van der Waals surface area contributed by atoms with Crippen molar-refractivity contribution in [3.8, 4) is 11.5 Å². The molecule has 1 heterocycles. The van der Waals surface area contributed by atoms with Gasteiger partial charge in [-0.15, -0.1) is 11.6 Å². The van der Waals surface area contributed by atoms with Crippen molar-refractivity contribution in [1.82, 2.24) is 5.32 Å². The van der Waals surface area contributed by atoms with Gasteiger partial charge in [0.2, 0.25) is 0 Å². The first-order valence-corrected chi connectivity index (χ1v) is 7.98. The van der Waals surface area contributed by atoms with E-state index in [4.69, 9.17) is 21.1 Å². The first-order valence-electron chi connectivity index (χ1n) is 7.55. The molecule has 1 saturated carbocycles. The van der Waals surface area contributed by atoms with Gasteiger partial charge in [-0.2, -0.15) is 0 Å². The van der Waals surface area contributed by atoms with Gasteiger partial charge in [-0.05, 0) is 37.3 Å². The number of nitrogens with one attached hydrogen (secondary N) is 1. The van der Waals surface area contributed by atoms with Crippen LogP contribution in [0.1, 0.15) is 36.0 Å². The number of benzene rings is 1. The molecule has 114 valence electrons. The second-order valence-electron chi connectivity index (χ2n) is 5.67. The lowest BCUT2D eigenvalue weighted by Gasteiger charge is -2.26. The molecule has 0 saturated heterocycles. The summed E-state index contributed by atoms with van der Waals surface area (Å²) in [5.74, 6) is 1.57. The Balaban J connectivity index is 1.63. The topological polar surface area (TPSA) is 47.6 Å². The minimum Gasteiger partial charge on any atom is -0.486 e. The van der Waals surface area contributed by atoms with Gasteiger partial charge in [-0.1, -0.05) is 12.5 Å². The van der Waals surface area contributed by atoms with Crippen LogP contribution < -0.4 is 14.8 Å². The summed E-state index contributed by atoms with van der Waals surface area (Å²) >= 11 is 6.19. The number of alkyl halides is 1. The molecule has 1 aliphatic heterocycles. The highest BCUT2D eigenvalue weighted by molar-refractivity contribution is 6.20. The number of amides is 1. The van der Waals surface area contributed by atoms with Gasteiger partial charge in [0.05, 0.1) is 5.56 Å². The second kappa shape index (κ2) is 6.56. The smallest absolute Gasteiger partial charge is 0.255 e. The van der Waals surface area contributed by atoms with Crippen LogP contribution in [0.25, 0.3) is 0 Å². The molecule has 0 aromatic heterocycles. The van der Waals surface area contributed by atoms with Gasteiger partial charge in [0.25, 0.3) is 5.91 Å². The van der Waals surface area contributed by atoms with Crippen LogP contribution in [0.2, 0.25) is 0 Å². The molecule has 1 N–H and O–H groups in total. The van der Waals surface area contributed by atoms with Crippen molar-refractivity contribution >= 4 is 17.5 Å². The highest BCUT2D eigenvalue weighted by Gasteiger charge is 2.23. The van der Waals surface area contributed by atoms with E-state index in [2.05, 4.69) is 5.32 Å². The van der Waals surface area contributed by atoms with Gasteiger partial charge in [-0.3, -0.25) is 4.79 Å². The van der Waals surface area contributed by atoms with Crippen LogP contribution in [0.5, 0.6) is 11.5 Å². The fraction of sp³-hybridized carbons (Fsp3) is 0.562. The second-order valence-corrected chi connectivity index (χ2v) is 6.29. The third-order valence-corrected chi connectivity index (χ3v) is 4.48. The molecule has 0 radical (unpaired) electrons. The minimum absolute atomic E-state index is 0.103. The van der Waals surface area contributed by atoms with Crippen molar-refractivity contribution in [3.63, 3.8) is 0 Å². The summed E-state index contributed by atoms with van der Waals surface area (Å²) in [7, 11) is 0. The van der Waals surface area contributed by atoms with Gasteiger partial charge in [0.1, 0.15) is 13.2 Å². The molecule has 1 aromatic carbocycles. The molecule has 2 aliphatic rings. The van der Waals surface area contributed by atoms with Crippen molar-refractivity contribution < 1.29 is 14.3 Å². The van der Waals surface area contributed by atoms with Crippen LogP contribution >= 0.6 is 11.6 Å². The van der Waals surface area contributed by atoms with E-state index >= 15 is 0 Å². The molecule has 1 fully saturated rings. The number of hydrogen-bond acceptors (Lipinski definition) is 3. The van der Waals surface area contributed by atoms with E-state index in [9.17, 15) is 4.79 Å². The van der Waals surface area contributed by atoms with Crippen molar-refractivity contribution in [1.29, 1.82) is 0 Å². The van der Waals surface area contributed by atoms with Crippen LogP contribution in [-0.2, 0) is 0 Å². The van der Waals surface area contributed by atoms with Gasteiger partial charge in [0.15, 0.2) is 11.5 Å². The normalized spacial score (nSPS) is 24.4. The zero-order chi connectivity index (χ0) is 14.7. The summed E-state index contributed by atoms with van der Waals surface area (Å²) in [6, 6.07) is 5.41. The van der Waals surface area contributed by atoms with Gasteiger partial charge >= 0.3 is 0 Å². The van der Waals surface area contributed by atoms with E-state index < -0.39 is 0 Å². The first kappa shape index (κ1) is 14.5. The van der Waals surface area contributed by atoms with Crippen LogP contribution in [0.3, 0.4) is 0 Å². The molecule has 5 heteroatoms. The zero-order valence-electron chi connectivity index (χ0n) is 11.9. The van der Waals surface area contributed by atoms with E-state index in [0.29, 0.717) is 42.7 Å². The SMILES string of the molecule is O=C(NCC1CCCC(Cl)C1)c1cccc2c1OCCO2. The molecule has 2 atom stereocenters. The van der Waals surface area contributed by atoms with Crippen LogP contribution in [0, 0.1) is 5.92 Å². The lowest BCUT2D eigenvalue weighted by molar-refractivity contribution is 0.0932. The van der Waals surface area contributed by atoms with Crippen LogP contribution in [0.4, 0.5) is 0 Å². The van der Waals surface area contributed by atoms with Gasteiger partial charge in [-0.25, -0.2) is 0 Å². The molecular weight excluding hydrogens is 290 g/mol. The molecular formula is C16H20ClNO3. The molecule has 1 aromatic rings. The molecule has 0 spiro atoms. The average molecular weight is 310 g/mol. The van der Waals surface area contributed by atoms with E-state index in [1.54, 1.807) is 6.07 Å². The Hall–Kier alpha value is -1.42. The van der Waals surface area contributed by atoms with E-state index in [1.165, 1.54) is 0 Å². The van der Waals surface area contributed by atoms with Gasteiger partial charge < -0.3 is 14.8 Å². The predicted molar refractivity (Wildman–Crippen MR) is 81.4 cm³/mol. The highest BCUT2D eigenvalue weighted by Crippen LogP contribution is 2.33. The maximum absolute atomic E-state index is 12.4. The maximum atomic E-state index is 12.4. The molecule has 1 amide bonds. The maximum Gasteiger partial charge on any atom is 0.255 e. The molecule has 21 heavy (non-hydrogen) atoms. The molecule has 1 aliphatic carbocycles. The number of rotatable bonds is 3. The van der Waals surface area contributed by atoms with Crippen molar-refractivity contribution in [2.75, 3.05) is 19.8 Å². The first-order chi connectivity index (χ1) is 10.2. The average Bonchev–Trinajstić information content (AvgIpc) is 2.52. The summed E-state index contributed by atoms with van der Waals surface area (Å²) in [6.45, 7) is 1.68. The molecule has 0 bridgehead atoms. The predicted octanol–water partition coefficient (Wildman–Crippen LogP) is 2.99. The third kappa shape index (κ3) is 3.43. The summed E-state index contributed by atoms with van der Waals surface area (Å²) in [5.41, 5.74) is 0.547. The third-order valence-electron chi connectivity index (χ3n) is 4.08. The Morgan fingerprint density at radius 2 is 2.14 bits per heavy atom. The number of fused-ring (bicyclic) bond motifs is 1. The highest BCUT2D eigenvalue weighted by atomic mass is 35.5. The molecule has 4 nitrogen and oxygen atoms in total. The largest absolute Gasteiger partial charge is 0.486 e. The lowest BCUT2D eigenvalue weighted by Crippen LogP contribution is -2.32. The van der Waals surface area contributed by atoms with Crippen molar-refractivity contribution in [3.05, 3.63) is 23.8 Å². The van der Waals surface area contributed by atoms with Crippen LogP contribution in [-0.4, -0.2) is 31.0 Å². The summed E-state index contributed by atoms with van der Waals surface area (Å²) < 4.78 is 11.1. The number of hydrogen-bond donors (Lipinski definition) is 1. The van der Waals surface area contributed by atoms with Crippen molar-refractivity contribution in [2.45, 2.75) is 31.1 Å². The Kier molecular flexibility index (Phi) is 4.54. The number of halogens is 1. The molecule has 3 rings (SSSR count). The Bertz CT molecular complexity index is 520. The number of carbonyl (C=O) groups excluding carboxylic acids is 1. The lowest BCUT2D eigenvalue weighted by atomic mass is 9.89. The van der Waals surface area contributed by atoms with E-state index in [1.807, 2.05) is 12.1 Å². The fourth-order valence-corrected chi connectivity index (χ4v) is 3.40. The Morgan fingerprint density at radius 3 is 3.00 bits per heavy atom. The van der Waals surface area contributed by atoms with E-state index in [0.717, 1.165) is 25.7 Å². The van der Waals surface area contributed by atoms with Crippen LogP contribution in [0.15, 0.2) is 18.2 Å². The number of carbonyl (C=O) groups is 1. The number of para-hydroxylation sites is 1. The monoisotopic (exact) mass is 309 g/mol. The minimum atomic E-state index is -0.103.